The Hall–Kier alpha value is -2.52. The van der Waals surface area contributed by atoms with Crippen molar-refractivity contribution >= 4 is 17.4 Å². The van der Waals surface area contributed by atoms with E-state index in [0.29, 0.717) is 24.7 Å². The Kier molecular flexibility index (Phi) is 4.58. The fourth-order valence-corrected chi connectivity index (χ4v) is 1.46. The molecule has 9 heteroatoms. The fraction of sp³-hybridized carbons (Fsp3) is 0.273. The van der Waals surface area contributed by atoms with Gasteiger partial charge in [0.25, 0.3) is 5.91 Å². The highest BCUT2D eigenvalue weighted by Crippen LogP contribution is 2.07. The Morgan fingerprint density at radius 1 is 1.45 bits per heavy atom. The van der Waals surface area contributed by atoms with Gasteiger partial charge in [-0.25, -0.2) is 5.84 Å². The Labute approximate surface area is 115 Å². The van der Waals surface area contributed by atoms with E-state index in [1.54, 1.807) is 30.3 Å². The van der Waals surface area contributed by atoms with Crippen LogP contribution in [0.3, 0.4) is 0 Å². The number of nitrogens with one attached hydrogen (secondary N) is 2. The lowest BCUT2D eigenvalue weighted by Gasteiger charge is -2.02. The molecule has 0 saturated heterocycles. The van der Waals surface area contributed by atoms with Gasteiger partial charge in [0.2, 0.25) is 0 Å². The van der Waals surface area contributed by atoms with Gasteiger partial charge in [-0.1, -0.05) is 0 Å². The Balaban J connectivity index is 1.97. The number of carbonyl (C=O) groups excluding carboxylic acids is 1. The van der Waals surface area contributed by atoms with Crippen LogP contribution in [0.4, 0.5) is 11.5 Å². The van der Waals surface area contributed by atoms with E-state index in [-0.39, 0.29) is 11.6 Å². The molecule has 2 aromatic rings. The lowest BCUT2D eigenvalue weighted by molar-refractivity contribution is 0.102. The van der Waals surface area contributed by atoms with Crippen molar-refractivity contribution in [2.45, 2.75) is 6.54 Å². The van der Waals surface area contributed by atoms with Crippen molar-refractivity contribution in [3.8, 4) is 0 Å². The van der Waals surface area contributed by atoms with Crippen LogP contribution in [0, 0.1) is 0 Å². The maximum atomic E-state index is 11.9. The first-order chi connectivity index (χ1) is 9.72. The van der Waals surface area contributed by atoms with Crippen molar-refractivity contribution < 1.29 is 9.53 Å². The average Bonchev–Trinajstić information content (AvgIpc) is 2.92. The topological polar surface area (TPSA) is 120 Å². The summed E-state index contributed by atoms with van der Waals surface area (Å²) in [6, 6.07) is 3.08. The summed E-state index contributed by atoms with van der Waals surface area (Å²) in [5.41, 5.74) is 3.10. The van der Waals surface area contributed by atoms with Crippen molar-refractivity contribution in [2.24, 2.45) is 5.84 Å². The molecule has 0 aromatic carbocycles. The first kappa shape index (κ1) is 13.9. The van der Waals surface area contributed by atoms with E-state index in [2.05, 4.69) is 26.0 Å². The number of hydrogen-bond acceptors (Lipinski definition) is 7. The summed E-state index contributed by atoms with van der Waals surface area (Å²) in [4.78, 5) is 11.9. The summed E-state index contributed by atoms with van der Waals surface area (Å²) in [5, 5.41) is 14.2. The molecule has 4 N–H and O–H groups in total. The molecular formula is C11H15N7O2. The molecule has 9 nitrogen and oxygen atoms in total. The van der Waals surface area contributed by atoms with Gasteiger partial charge in [0.15, 0.2) is 11.5 Å². The highest BCUT2D eigenvalue weighted by Gasteiger charge is 2.09. The second kappa shape index (κ2) is 6.59. The molecule has 2 heterocycles. The summed E-state index contributed by atoms with van der Waals surface area (Å²) in [6.07, 6.45) is 3.26. The molecule has 0 aliphatic carbocycles. The molecule has 2 rings (SSSR count). The quantitative estimate of drug-likeness (QED) is 0.496. The number of nitrogen functional groups attached to an aromatic ring is 1. The van der Waals surface area contributed by atoms with E-state index in [1.807, 2.05) is 0 Å². The zero-order valence-corrected chi connectivity index (χ0v) is 10.9. The second-order valence-corrected chi connectivity index (χ2v) is 3.89. The molecule has 0 aliphatic rings. The van der Waals surface area contributed by atoms with E-state index in [9.17, 15) is 4.79 Å². The van der Waals surface area contributed by atoms with Crippen LogP contribution in [0.25, 0.3) is 0 Å². The van der Waals surface area contributed by atoms with Gasteiger partial charge in [0, 0.05) is 13.3 Å². The van der Waals surface area contributed by atoms with Gasteiger partial charge in [0.05, 0.1) is 25.0 Å². The van der Waals surface area contributed by atoms with Gasteiger partial charge >= 0.3 is 0 Å². The Bertz CT molecular complexity index is 566. The summed E-state index contributed by atoms with van der Waals surface area (Å²) >= 11 is 0. The zero-order chi connectivity index (χ0) is 14.4. The van der Waals surface area contributed by atoms with Crippen LogP contribution in [-0.4, -0.2) is 39.6 Å². The third-order valence-corrected chi connectivity index (χ3v) is 2.46. The molecule has 0 aliphatic heterocycles. The van der Waals surface area contributed by atoms with Crippen LogP contribution < -0.4 is 16.6 Å². The number of rotatable bonds is 6. The normalized spacial score (nSPS) is 10.3. The van der Waals surface area contributed by atoms with Gasteiger partial charge in [-0.15, -0.1) is 10.2 Å². The van der Waals surface area contributed by atoms with Gasteiger partial charge in [-0.2, -0.15) is 5.10 Å². The highest BCUT2D eigenvalue weighted by atomic mass is 16.5. The molecule has 20 heavy (non-hydrogen) atoms. The third-order valence-electron chi connectivity index (χ3n) is 2.46. The van der Waals surface area contributed by atoms with Crippen molar-refractivity contribution in [1.82, 2.24) is 20.0 Å². The number of methoxy groups -OCH3 is 1. The Morgan fingerprint density at radius 2 is 2.30 bits per heavy atom. The molecule has 0 atom stereocenters. The zero-order valence-electron chi connectivity index (χ0n) is 10.9. The number of nitrogens with zero attached hydrogens (tertiary/aromatic N) is 4. The molecule has 0 bridgehead atoms. The first-order valence-corrected chi connectivity index (χ1v) is 5.86. The minimum absolute atomic E-state index is 0.189. The summed E-state index contributed by atoms with van der Waals surface area (Å²) in [7, 11) is 1.62. The maximum absolute atomic E-state index is 11.9. The van der Waals surface area contributed by atoms with Crippen molar-refractivity contribution in [3.05, 3.63) is 30.2 Å². The largest absolute Gasteiger partial charge is 0.383 e. The van der Waals surface area contributed by atoms with Gasteiger partial charge in [-0.3, -0.25) is 9.48 Å². The fourth-order valence-electron chi connectivity index (χ4n) is 1.46. The number of amides is 1. The lowest BCUT2D eigenvalue weighted by atomic mass is 10.3. The average molecular weight is 277 g/mol. The molecule has 0 saturated carbocycles. The molecule has 1 amide bonds. The molecule has 0 unspecified atom stereocenters. The summed E-state index contributed by atoms with van der Waals surface area (Å²) in [5.74, 6) is 5.18. The van der Waals surface area contributed by atoms with Gasteiger partial charge in [-0.05, 0) is 12.1 Å². The van der Waals surface area contributed by atoms with Crippen molar-refractivity contribution in [3.63, 3.8) is 0 Å². The van der Waals surface area contributed by atoms with E-state index in [4.69, 9.17) is 10.6 Å². The molecule has 2 aromatic heterocycles. The van der Waals surface area contributed by atoms with E-state index >= 15 is 0 Å². The van der Waals surface area contributed by atoms with Crippen molar-refractivity contribution in [2.75, 3.05) is 24.5 Å². The van der Waals surface area contributed by atoms with Crippen LogP contribution in [-0.2, 0) is 11.3 Å². The van der Waals surface area contributed by atoms with E-state index in [0.717, 1.165) is 0 Å². The standard InChI is InChI=1S/C11H15N7O2/c1-20-5-4-18-7-8(6-13-18)14-11(19)9-2-3-10(15-12)17-16-9/h2-3,6-7H,4-5,12H2,1H3,(H,14,19)(H,15,17). The van der Waals surface area contributed by atoms with Crippen LogP contribution in [0.2, 0.25) is 0 Å². The Morgan fingerprint density at radius 3 is 2.95 bits per heavy atom. The number of aromatic nitrogens is 4. The summed E-state index contributed by atoms with van der Waals surface area (Å²) < 4.78 is 6.62. The lowest BCUT2D eigenvalue weighted by Crippen LogP contribution is -2.15. The van der Waals surface area contributed by atoms with Crippen LogP contribution >= 0.6 is 0 Å². The van der Waals surface area contributed by atoms with E-state index < -0.39 is 0 Å². The van der Waals surface area contributed by atoms with Crippen LogP contribution in [0.15, 0.2) is 24.5 Å². The van der Waals surface area contributed by atoms with Crippen molar-refractivity contribution in [1.29, 1.82) is 0 Å². The number of hydrazine groups is 1. The predicted octanol–water partition coefficient (Wildman–Crippen LogP) is -0.143. The minimum Gasteiger partial charge on any atom is -0.383 e. The number of anilines is 2. The number of hydrogen-bond donors (Lipinski definition) is 3. The van der Waals surface area contributed by atoms with Crippen LogP contribution in [0.5, 0.6) is 0 Å². The van der Waals surface area contributed by atoms with Crippen LogP contribution in [0.1, 0.15) is 10.5 Å². The number of carbonyl (C=O) groups is 1. The van der Waals surface area contributed by atoms with E-state index in [1.165, 1.54) is 6.07 Å². The molecule has 0 fully saturated rings. The summed E-state index contributed by atoms with van der Waals surface area (Å²) in [6.45, 7) is 1.16. The van der Waals surface area contributed by atoms with Gasteiger partial charge < -0.3 is 15.5 Å². The molecule has 0 spiro atoms. The molecule has 106 valence electrons. The SMILES string of the molecule is COCCn1cc(NC(=O)c2ccc(NN)nn2)cn1. The number of nitrogens with two attached hydrogens (primary N) is 1. The van der Waals surface area contributed by atoms with Gasteiger partial charge in [0.1, 0.15) is 0 Å². The third kappa shape index (κ3) is 3.49. The smallest absolute Gasteiger partial charge is 0.276 e. The minimum atomic E-state index is -0.368. The molecular weight excluding hydrogens is 262 g/mol. The maximum Gasteiger partial charge on any atom is 0.276 e. The predicted molar refractivity (Wildman–Crippen MR) is 71.9 cm³/mol. The highest BCUT2D eigenvalue weighted by molar-refractivity contribution is 6.02. The number of ether oxygens (including phenoxy) is 1. The second-order valence-electron chi connectivity index (χ2n) is 3.89. The molecule has 0 radical (unpaired) electrons. The monoisotopic (exact) mass is 277 g/mol. The first-order valence-electron chi connectivity index (χ1n) is 5.86.